The number of rotatable bonds is 9. The number of aliphatic hydroxyl groups excluding tert-OH is 1. The zero-order valence-corrected chi connectivity index (χ0v) is 25.7. The van der Waals surface area contributed by atoms with E-state index in [1.165, 1.54) is 0 Å². The van der Waals surface area contributed by atoms with Gasteiger partial charge in [-0.05, 0) is 97.4 Å². The number of carbonyl (C=O) groups is 1. The van der Waals surface area contributed by atoms with Gasteiger partial charge in [0.2, 0.25) is 0 Å². The Morgan fingerprint density at radius 1 is 1.12 bits per heavy atom. The molecular formula is C31H48N4O5. The van der Waals surface area contributed by atoms with Crippen LogP contribution >= 0.6 is 0 Å². The van der Waals surface area contributed by atoms with Crippen molar-refractivity contribution in [2.24, 2.45) is 0 Å². The summed E-state index contributed by atoms with van der Waals surface area (Å²) in [5, 5.41) is 14.3. The summed E-state index contributed by atoms with van der Waals surface area (Å²) < 4.78 is 11.2. The van der Waals surface area contributed by atoms with Crippen LogP contribution in [-0.2, 0) is 11.3 Å². The molecule has 1 atom stereocenters. The molecular weight excluding hydrogens is 508 g/mol. The molecule has 1 amide bonds. The lowest BCUT2D eigenvalue weighted by molar-refractivity contribution is 0.0183. The topological polar surface area (TPSA) is 107 Å². The zero-order valence-electron chi connectivity index (χ0n) is 25.7. The van der Waals surface area contributed by atoms with Crippen molar-refractivity contribution in [3.63, 3.8) is 0 Å². The summed E-state index contributed by atoms with van der Waals surface area (Å²) in [4.78, 5) is 32.0. The zero-order chi connectivity index (χ0) is 29.8. The van der Waals surface area contributed by atoms with Crippen molar-refractivity contribution in [3.05, 3.63) is 56.5 Å². The normalized spacial score (nSPS) is 18.2. The van der Waals surface area contributed by atoms with E-state index in [1.54, 1.807) is 12.0 Å². The lowest BCUT2D eigenvalue weighted by Crippen LogP contribution is -2.46. The van der Waals surface area contributed by atoms with Gasteiger partial charge in [-0.25, -0.2) is 4.79 Å². The summed E-state index contributed by atoms with van der Waals surface area (Å²) in [6.45, 7) is 14.6. The third-order valence-electron chi connectivity index (χ3n) is 7.88. The summed E-state index contributed by atoms with van der Waals surface area (Å²) in [6.07, 6.45) is 2.40. The van der Waals surface area contributed by atoms with Gasteiger partial charge in [0.15, 0.2) is 0 Å². The van der Waals surface area contributed by atoms with Crippen LogP contribution < -0.4 is 20.5 Å². The predicted octanol–water partition coefficient (Wildman–Crippen LogP) is 5.09. The van der Waals surface area contributed by atoms with Gasteiger partial charge >= 0.3 is 6.09 Å². The van der Waals surface area contributed by atoms with Crippen LogP contribution in [0.3, 0.4) is 0 Å². The smallest absolute Gasteiger partial charge is 0.410 e. The highest BCUT2D eigenvalue weighted by molar-refractivity contribution is 5.68. The van der Waals surface area contributed by atoms with E-state index < -0.39 is 11.8 Å². The highest BCUT2D eigenvalue weighted by atomic mass is 16.6. The first-order valence-corrected chi connectivity index (χ1v) is 14.3. The Hall–Kier alpha value is -3.04. The molecule has 1 unspecified atom stereocenters. The maximum absolute atomic E-state index is 12.6. The highest BCUT2D eigenvalue weighted by Crippen LogP contribution is 2.36. The van der Waals surface area contributed by atoms with Crippen LogP contribution in [0.25, 0.3) is 0 Å². The predicted molar refractivity (Wildman–Crippen MR) is 159 cm³/mol. The number of methoxy groups -OCH3 is 1. The van der Waals surface area contributed by atoms with Crippen molar-refractivity contribution in [3.8, 4) is 5.75 Å². The first kappa shape index (κ1) is 31.5. The van der Waals surface area contributed by atoms with Gasteiger partial charge < -0.3 is 29.4 Å². The van der Waals surface area contributed by atoms with Crippen molar-refractivity contribution in [2.75, 3.05) is 25.6 Å². The first-order valence-electron chi connectivity index (χ1n) is 14.3. The molecule has 1 fully saturated rings. The molecule has 1 aromatic carbocycles. The molecule has 0 aliphatic heterocycles. The number of aryl methyl sites for hydroxylation is 2. The van der Waals surface area contributed by atoms with Gasteiger partial charge in [0.1, 0.15) is 17.6 Å². The fourth-order valence-electron chi connectivity index (χ4n) is 5.67. The summed E-state index contributed by atoms with van der Waals surface area (Å²) >= 11 is 0. The summed E-state index contributed by atoms with van der Waals surface area (Å²) in [5.41, 5.74) is 4.33. The summed E-state index contributed by atoms with van der Waals surface area (Å²) in [5.74, 6) is 0.664. The van der Waals surface area contributed by atoms with Gasteiger partial charge in [-0.1, -0.05) is 0 Å². The number of ether oxygens (including phenoxy) is 2. The number of aliphatic hydroxyl groups is 1. The second-order valence-corrected chi connectivity index (χ2v) is 11.9. The summed E-state index contributed by atoms with van der Waals surface area (Å²) in [6, 6.07) is 6.25. The fourth-order valence-corrected chi connectivity index (χ4v) is 5.67. The van der Waals surface area contributed by atoms with E-state index in [9.17, 15) is 14.7 Å². The van der Waals surface area contributed by atoms with E-state index in [-0.39, 0.29) is 24.2 Å². The quantitative estimate of drug-likeness (QED) is 0.369. The van der Waals surface area contributed by atoms with E-state index >= 15 is 0 Å². The summed E-state index contributed by atoms with van der Waals surface area (Å²) in [7, 11) is 3.46. The molecule has 2 aromatic rings. The Balaban J connectivity index is 1.77. The number of anilines is 1. The lowest BCUT2D eigenvalue weighted by atomic mass is 9.88. The monoisotopic (exact) mass is 556 g/mol. The Kier molecular flexibility index (Phi) is 10.3. The molecule has 0 radical (unpaired) electrons. The number of benzene rings is 1. The van der Waals surface area contributed by atoms with Crippen LogP contribution in [-0.4, -0.2) is 59.5 Å². The van der Waals surface area contributed by atoms with Crippen LogP contribution in [0.5, 0.6) is 5.75 Å². The van der Waals surface area contributed by atoms with E-state index in [1.807, 2.05) is 66.8 Å². The van der Waals surface area contributed by atoms with E-state index in [0.29, 0.717) is 22.9 Å². The molecule has 1 aliphatic rings. The second kappa shape index (κ2) is 13.1. The molecule has 9 heteroatoms. The third-order valence-corrected chi connectivity index (χ3v) is 7.88. The molecule has 1 heterocycles. The van der Waals surface area contributed by atoms with Crippen molar-refractivity contribution in [1.82, 2.24) is 15.2 Å². The number of aromatic amines is 1. The average molecular weight is 557 g/mol. The van der Waals surface area contributed by atoms with Crippen molar-refractivity contribution in [1.29, 1.82) is 0 Å². The third kappa shape index (κ3) is 7.57. The second-order valence-electron chi connectivity index (χ2n) is 11.9. The molecule has 0 saturated heterocycles. The maximum Gasteiger partial charge on any atom is 0.410 e. The Morgan fingerprint density at radius 2 is 1.75 bits per heavy atom. The van der Waals surface area contributed by atoms with Gasteiger partial charge in [0.05, 0.1) is 7.11 Å². The van der Waals surface area contributed by atoms with Crippen LogP contribution in [0.1, 0.15) is 87.6 Å². The molecule has 222 valence electrons. The minimum Gasteiger partial charge on any atom is -0.497 e. The number of aromatic nitrogens is 1. The van der Waals surface area contributed by atoms with Crippen molar-refractivity contribution < 1.29 is 19.4 Å². The molecule has 40 heavy (non-hydrogen) atoms. The fraction of sp³-hybridized carbons (Fsp3) is 0.613. The number of amides is 1. The number of hydrogen-bond acceptors (Lipinski definition) is 7. The highest BCUT2D eigenvalue weighted by Gasteiger charge is 2.32. The maximum atomic E-state index is 12.6. The molecule has 0 bridgehead atoms. The molecule has 0 spiro atoms. The van der Waals surface area contributed by atoms with Crippen LogP contribution in [0.15, 0.2) is 23.0 Å². The van der Waals surface area contributed by atoms with Crippen molar-refractivity contribution in [2.45, 2.75) is 105 Å². The molecule has 1 aliphatic carbocycles. The Labute approximate surface area is 238 Å². The number of nitrogens with zero attached hydrogens (tertiary/aromatic N) is 2. The minimum absolute atomic E-state index is 0.145. The average Bonchev–Trinajstić information content (AvgIpc) is 2.88. The van der Waals surface area contributed by atoms with Gasteiger partial charge in [0.25, 0.3) is 5.56 Å². The van der Waals surface area contributed by atoms with E-state index in [4.69, 9.17) is 9.47 Å². The molecule has 1 saturated carbocycles. The number of pyridine rings is 1. The van der Waals surface area contributed by atoms with Gasteiger partial charge in [-0.2, -0.15) is 0 Å². The Bertz CT molecular complexity index is 1230. The van der Waals surface area contributed by atoms with Crippen LogP contribution in [0, 0.1) is 20.8 Å². The lowest BCUT2D eigenvalue weighted by Gasteiger charge is -2.41. The van der Waals surface area contributed by atoms with Crippen molar-refractivity contribution >= 4 is 11.8 Å². The molecule has 1 aromatic heterocycles. The number of carbonyl (C=O) groups excluding carboxylic acids is 1. The Morgan fingerprint density at radius 3 is 2.30 bits per heavy atom. The van der Waals surface area contributed by atoms with Gasteiger partial charge in [-0.3, -0.25) is 10.1 Å². The van der Waals surface area contributed by atoms with Crippen LogP contribution in [0.2, 0.25) is 0 Å². The largest absolute Gasteiger partial charge is 0.497 e. The number of nitrogens with one attached hydrogen (secondary N) is 2. The first-order chi connectivity index (χ1) is 18.7. The minimum atomic E-state index is -0.981. The standard InChI is InChI=1S/C31H48N4O5/c1-10-35(23-13-11-22(12-14-23)34(8)30(38)40-31(5,6)7)27-17-24(39-9)16-25(21(27)4)28(36)32-18-26-19(2)15-20(3)33-29(26)37/h15-17,22-23,28,32,36H,10-14,18H2,1-9H3,(H,33,37). The van der Waals surface area contributed by atoms with Crippen LogP contribution in [0.4, 0.5) is 10.5 Å². The molecule has 3 N–H and O–H groups in total. The SMILES string of the molecule is CCN(c1cc(OC)cc(C(O)NCc2c(C)cc(C)[nH]c2=O)c1C)C1CCC(N(C)C(=O)OC(C)(C)C)CC1. The van der Waals surface area contributed by atoms with Gasteiger partial charge in [0, 0.05) is 60.8 Å². The molecule has 9 nitrogen and oxygen atoms in total. The van der Waals surface area contributed by atoms with Gasteiger partial charge in [-0.15, -0.1) is 0 Å². The van der Waals surface area contributed by atoms with E-state index in [0.717, 1.165) is 54.7 Å². The number of hydrogen-bond donors (Lipinski definition) is 3. The number of H-pyrrole nitrogens is 1. The van der Waals surface area contributed by atoms with E-state index in [2.05, 4.69) is 22.1 Å². The molecule has 3 rings (SSSR count).